The molecule has 10 heteroatoms. The minimum atomic E-state index is -4.45. The van der Waals surface area contributed by atoms with E-state index in [1.54, 1.807) is 24.3 Å². The van der Waals surface area contributed by atoms with Crippen LogP contribution in [0.5, 0.6) is 0 Å². The van der Waals surface area contributed by atoms with Crippen LogP contribution in [-0.4, -0.2) is 16.4 Å². The summed E-state index contributed by atoms with van der Waals surface area (Å²) in [6.07, 6.45) is -2.56. The van der Waals surface area contributed by atoms with Crippen LogP contribution in [0.15, 0.2) is 54.7 Å². The zero-order valence-corrected chi connectivity index (χ0v) is 14.8. The highest BCUT2D eigenvalue weighted by atomic mass is 35.5. The molecule has 0 atom stereocenters. The Hall–Kier alpha value is -3.33. The Kier molecular flexibility index (Phi) is 5.65. The topological polar surface area (TPSA) is 78.9 Å². The molecule has 0 aliphatic carbocycles. The molecule has 3 aromatic rings. The molecular formula is C18H13ClF3N5O. The number of carbonyl (C=O) groups excluding carboxylic acids is 1. The molecule has 0 fully saturated rings. The normalized spacial score (nSPS) is 11.0. The third-order valence-electron chi connectivity index (χ3n) is 3.56. The van der Waals surface area contributed by atoms with E-state index in [1.807, 2.05) is 0 Å². The van der Waals surface area contributed by atoms with Crippen LogP contribution < -0.4 is 16.0 Å². The summed E-state index contributed by atoms with van der Waals surface area (Å²) < 4.78 is 38.6. The van der Waals surface area contributed by atoms with Gasteiger partial charge < -0.3 is 16.0 Å². The average Bonchev–Trinajstić information content (AvgIpc) is 2.66. The highest BCUT2D eigenvalue weighted by molar-refractivity contribution is 6.32. The van der Waals surface area contributed by atoms with Gasteiger partial charge in [0.05, 0.1) is 11.8 Å². The van der Waals surface area contributed by atoms with E-state index in [0.717, 1.165) is 12.1 Å². The van der Waals surface area contributed by atoms with Crippen molar-refractivity contribution in [3.8, 4) is 0 Å². The fraction of sp³-hybridized carbons (Fsp3) is 0.0556. The first-order chi connectivity index (χ1) is 13.3. The number of benzene rings is 2. The van der Waals surface area contributed by atoms with Crippen molar-refractivity contribution in [1.82, 2.24) is 9.97 Å². The summed E-state index contributed by atoms with van der Waals surface area (Å²) in [4.78, 5) is 18.7. The van der Waals surface area contributed by atoms with Crippen molar-refractivity contribution < 1.29 is 18.0 Å². The summed E-state index contributed by atoms with van der Waals surface area (Å²) in [6, 6.07) is 11.4. The summed E-state index contributed by atoms with van der Waals surface area (Å²) in [7, 11) is 0. The Morgan fingerprint density at radius 1 is 0.964 bits per heavy atom. The summed E-state index contributed by atoms with van der Waals surface area (Å²) in [5.74, 6) is 0.340. The van der Waals surface area contributed by atoms with Gasteiger partial charge in [-0.3, -0.25) is 4.79 Å². The van der Waals surface area contributed by atoms with Crippen molar-refractivity contribution in [2.24, 2.45) is 0 Å². The molecular weight excluding hydrogens is 395 g/mol. The number of aromatic nitrogens is 2. The minimum Gasteiger partial charge on any atom is -0.339 e. The molecule has 0 aliphatic heterocycles. The van der Waals surface area contributed by atoms with Crippen LogP contribution in [0, 0.1) is 0 Å². The lowest BCUT2D eigenvalue weighted by molar-refractivity contribution is -0.137. The second-order valence-electron chi connectivity index (χ2n) is 5.56. The molecule has 0 unspecified atom stereocenters. The van der Waals surface area contributed by atoms with Gasteiger partial charge in [0.1, 0.15) is 5.02 Å². The standard InChI is InChI=1S/C18H13ClF3N5O/c19-15-9-23-17(26-13-6-4-12(5-7-13)24-10-28)27-16(15)25-14-3-1-2-11(8-14)18(20,21)22/h1-10H,(H,24,28)(H2,23,25,26,27). The smallest absolute Gasteiger partial charge is 0.339 e. The molecule has 1 aromatic heterocycles. The molecule has 0 radical (unpaired) electrons. The summed E-state index contributed by atoms with van der Waals surface area (Å²) in [6.45, 7) is 0. The van der Waals surface area contributed by atoms with E-state index < -0.39 is 11.7 Å². The lowest BCUT2D eigenvalue weighted by Gasteiger charge is -2.12. The first-order valence-corrected chi connectivity index (χ1v) is 8.27. The van der Waals surface area contributed by atoms with Crippen molar-refractivity contribution in [1.29, 1.82) is 0 Å². The molecule has 0 bridgehead atoms. The van der Waals surface area contributed by atoms with Gasteiger partial charge in [-0.2, -0.15) is 18.2 Å². The number of anilines is 5. The van der Waals surface area contributed by atoms with E-state index in [2.05, 4.69) is 25.9 Å². The average molecular weight is 408 g/mol. The molecule has 0 saturated heterocycles. The van der Waals surface area contributed by atoms with Gasteiger partial charge in [-0.05, 0) is 42.5 Å². The maximum atomic E-state index is 12.9. The first-order valence-electron chi connectivity index (χ1n) is 7.89. The van der Waals surface area contributed by atoms with Crippen LogP contribution in [0.25, 0.3) is 0 Å². The van der Waals surface area contributed by atoms with E-state index in [9.17, 15) is 18.0 Å². The number of halogens is 4. The monoisotopic (exact) mass is 407 g/mol. The Morgan fingerprint density at radius 2 is 1.68 bits per heavy atom. The SMILES string of the molecule is O=CNc1ccc(Nc2ncc(Cl)c(Nc3cccc(C(F)(F)F)c3)n2)cc1. The lowest BCUT2D eigenvalue weighted by atomic mass is 10.2. The fourth-order valence-electron chi connectivity index (χ4n) is 2.27. The van der Waals surface area contributed by atoms with Crippen molar-refractivity contribution in [2.45, 2.75) is 6.18 Å². The van der Waals surface area contributed by atoms with Crippen molar-refractivity contribution in [3.05, 3.63) is 65.3 Å². The summed E-state index contributed by atoms with van der Waals surface area (Å²) in [5, 5.41) is 8.37. The van der Waals surface area contributed by atoms with E-state index >= 15 is 0 Å². The number of alkyl halides is 3. The fourth-order valence-corrected chi connectivity index (χ4v) is 2.41. The molecule has 0 aliphatic rings. The van der Waals surface area contributed by atoms with Gasteiger partial charge in [0, 0.05) is 17.1 Å². The van der Waals surface area contributed by atoms with Gasteiger partial charge in [0.15, 0.2) is 5.82 Å². The molecule has 1 heterocycles. The highest BCUT2D eigenvalue weighted by Crippen LogP contribution is 2.32. The molecule has 1 amide bonds. The molecule has 0 saturated carbocycles. The number of nitrogens with zero attached hydrogens (tertiary/aromatic N) is 2. The quantitative estimate of drug-likeness (QED) is 0.489. The Balaban J connectivity index is 1.79. The van der Waals surface area contributed by atoms with Gasteiger partial charge in [-0.1, -0.05) is 17.7 Å². The van der Waals surface area contributed by atoms with Gasteiger partial charge >= 0.3 is 6.18 Å². The number of amides is 1. The number of nitrogens with one attached hydrogen (secondary N) is 3. The summed E-state index contributed by atoms with van der Waals surface area (Å²) in [5.41, 5.74) is 0.656. The third kappa shape index (κ3) is 4.89. The number of carbonyl (C=O) groups is 1. The van der Waals surface area contributed by atoms with Gasteiger partial charge in [0.2, 0.25) is 12.4 Å². The zero-order valence-electron chi connectivity index (χ0n) is 14.1. The van der Waals surface area contributed by atoms with E-state index in [4.69, 9.17) is 11.6 Å². The Bertz CT molecular complexity index is 980. The van der Waals surface area contributed by atoms with Crippen LogP contribution in [-0.2, 0) is 11.0 Å². The van der Waals surface area contributed by atoms with Gasteiger partial charge in [0.25, 0.3) is 0 Å². The van der Waals surface area contributed by atoms with Gasteiger partial charge in [-0.25, -0.2) is 4.98 Å². The predicted molar refractivity (Wildman–Crippen MR) is 101 cm³/mol. The van der Waals surface area contributed by atoms with E-state index in [-0.39, 0.29) is 22.5 Å². The molecule has 3 N–H and O–H groups in total. The molecule has 2 aromatic carbocycles. The Labute approximate surface area is 162 Å². The maximum Gasteiger partial charge on any atom is 0.416 e. The number of rotatable bonds is 6. The largest absolute Gasteiger partial charge is 0.416 e. The molecule has 0 spiro atoms. The summed E-state index contributed by atoms with van der Waals surface area (Å²) >= 11 is 6.06. The van der Waals surface area contributed by atoms with E-state index in [1.165, 1.54) is 18.3 Å². The predicted octanol–water partition coefficient (Wildman–Crippen LogP) is 5.20. The molecule has 3 rings (SSSR count). The van der Waals surface area contributed by atoms with Crippen LogP contribution >= 0.6 is 11.6 Å². The van der Waals surface area contributed by atoms with Crippen LogP contribution in [0.1, 0.15) is 5.56 Å². The molecule has 144 valence electrons. The second kappa shape index (κ2) is 8.13. The number of hydrogen-bond donors (Lipinski definition) is 3. The highest BCUT2D eigenvalue weighted by Gasteiger charge is 2.30. The maximum absolute atomic E-state index is 12.9. The van der Waals surface area contributed by atoms with Crippen LogP contribution in [0.4, 0.5) is 42.0 Å². The van der Waals surface area contributed by atoms with Crippen molar-refractivity contribution in [3.63, 3.8) is 0 Å². The van der Waals surface area contributed by atoms with Crippen molar-refractivity contribution in [2.75, 3.05) is 16.0 Å². The third-order valence-corrected chi connectivity index (χ3v) is 3.84. The van der Waals surface area contributed by atoms with Crippen molar-refractivity contribution >= 4 is 46.8 Å². The second-order valence-corrected chi connectivity index (χ2v) is 5.97. The number of hydrogen-bond acceptors (Lipinski definition) is 5. The molecule has 6 nitrogen and oxygen atoms in total. The van der Waals surface area contributed by atoms with Crippen LogP contribution in [0.2, 0.25) is 5.02 Å². The van der Waals surface area contributed by atoms with Gasteiger partial charge in [-0.15, -0.1) is 0 Å². The lowest BCUT2D eigenvalue weighted by Crippen LogP contribution is -2.06. The Morgan fingerprint density at radius 3 is 2.36 bits per heavy atom. The first kappa shape index (κ1) is 19.4. The van der Waals surface area contributed by atoms with E-state index in [0.29, 0.717) is 17.8 Å². The van der Waals surface area contributed by atoms with Crippen LogP contribution in [0.3, 0.4) is 0 Å². The minimum absolute atomic E-state index is 0.147. The zero-order chi connectivity index (χ0) is 20.1. The molecule has 28 heavy (non-hydrogen) atoms.